The lowest BCUT2D eigenvalue weighted by atomic mass is 9.97. The van der Waals surface area contributed by atoms with Crippen LogP contribution in [-0.4, -0.2) is 24.4 Å². The third-order valence-corrected chi connectivity index (χ3v) is 3.76. The first-order chi connectivity index (χ1) is 7.33. The molecule has 2 fully saturated rings. The molecule has 0 aromatic carbocycles. The number of hydrogen-bond acceptors (Lipinski definition) is 2. The van der Waals surface area contributed by atoms with Gasteiger partial charge in [0, 0.05) is 11.8 Å². The van der Waals surface area contributed by atoms with E-state index in [0.717, 1.165) is 6.42 Å². The van der Waals surface area contributed by atoms with Gasteiger partial charge in [-0.15, -0.1) is 13.2 Å². The minimum Gasteiger partial charge on any atom is -0.365 e. The van der Waals surface area contributed by atoms with Gasteiger partial charge in [-0.1, -0.05) is 24.3 Å². The van der Waals surface area contributed by atoms with Crippen molar-refractivity contribution in [3.8, 4) is 0 Å². The van der Waals surface area contributed by atoms with Gasteiger partial charge >= 0.3 is 0 Å². The van der Waals surface area contributed by atoms with Gasteiger partial charge in [0.05, 0.1) is 12.2 Å². The molecule has 6 atom stereocenters. The normalized spacial score (nSPS) is 51.5. The lowest BCUT2D eigenvalue weighted by Gasteiger charge is -2.43. The molecule has 1 aliphatic heterocycles. The molecular weight excluding hydrogens is 188 g/mol. The molecule has 2 aliphatic carbocycles. The summed E-state index contributed by atoms with van der Waals surface area (Å²) in [6, 6.07) is 0. The highest BCUT2D eigenvalue weighted by molar-refractivity contribution is 5.18. The predicted molar refractivity (Wildman–Crippen MR) is 58.5 cm³/mol. The van der Waals surface area contributed by atoms with Crippen LogP contribution >= 0.6 is 0 Å². The summed E-state index contributed by atoms with van der Waals surface area (Å²) < 4.78 is 12.0. The van der Waals surface area contributed by atoms with Crippen LogP contribution in [0, 0.1) is 11.8 Å². The van der Waals surface area contributed by atoms with Crippen molar-refractivity contribution in [1.29, 1.82) is 0 Å². The molecule has 2 nitrogen and oxygen atoms in total. The van der Waals surface area contributed by atoms with Crippen molar-refractivity contribution < 1.29 is 9.47 Å². The third-order valence-electron chi connectivity index (χ3n) is 3.76. The van der Waals surface area contributed by atoms with Crippen LogP contribution in [0.2, 0.25) is 0 Å². The van der Waals surface area contributed by atoms with Gasteiger partial charge in [0.2, 0.25) is 0 Å². The van der Waals surface area contributed by atoms with E-state index in [4.69, 9.17) is 9.47 Å². The van der Waals surface area contributed by atoms with Gasteiger partial charge in [-0.2, -0.15) is 0 Å². The summed E-state index contributed by atoms with van der Waals surface area (Å²) in [5.41, 5.74) is 0. The number of ether oxygens (including phenoxy) is 2. The highest BCUT2D eigenvalue weighted by Crippen LogP contribution is 2.43. The van der Waals surface area contributed by atoms with E-state index in [2.05, 4.69) is 25.3 Å². The van der Waals surface area contributed by atoms with Crippen LogP contribution in [0.25, 0.3) is 0 Å². The maximum absolute atomic E-state index is 6.01. The molecule has 3 aliphatic rings. The molecule has 80 valence electrons. The van der Waals surface area contributed by atoms with Crippen molar-refractivity contribution in [2.24, 2.45) is 11.8 Å². The molecule has 0 unspecified atom stereocenters. The first kappa shape index (κ1) is 9.37. The highest BCUT2D eigenvalue weighted by Gasteiger charge is 2.49. The van der Waals surface area contributed by atoms with E-state index in [1.807, 2.05) is 12.2 Å². The molecular formula is C13H16O2. The molecule has 0 radical (unpaired) electrons. The Bertz CT molecular complexity index is 290. The summed E-state index contributed by atoms with van der Waals surface area (Å²) in [7, 11) is 0. The third kappa shape index (κ3) is 1.25. The molecule has 0 spiro atoms. The average Bonchev–Trinajstić information content (AvgIpc) is 2.58. The van der Waals surface area contributed by atoms with Crippen LogP contribution in [0.3, 0.4) is 0 Å². The van der Waals surface area contributed by atoms with Gasteiger partial charge in [0.15, 0.2) is 0 Å². The Balaban J connectivity index is 1.84. The zero-order valence-electron chi connectivity index (χ0n) is 8.71. The van der Waals surface area contributed by atoms with Crippen LogP contribution in [0.1, 0.15) is 6.42 Å². The molecule has 0 aromatic heterocycles. The monoisotopic (exact) mass is 204 g/mol. The first-order valence-corrected chi connectivity index (χ1v) is 5.58. The summed E-state index contributed by atoms with van der Waals surface area (Å²) in [4.78, 5) is 0. The summed E-state index contributed by atoms with van der Waals surface area (Å²) in [5, 5.41) is 0. The largest absolute Gasteiger partial charge is 0.365 e. The lowest BCUT2D eigenvalue weighted by molar-refractivity contribution is -0.201. The molecule has 0 N–H and O–H groups in total. The van der Waals surface area contributed by atoms with Gasteiger partial charge in [-0.05, 0) is 6.42 Å². The van der Waals surface area contributed by atoms with Crippen molar-refractivity contribution in [1.82, 2.24) is 0 Å². The summed E-state index contributed by atoms with van der Waals surface area (Å²) in [6.45, 7) is 7.75. The van der Waals surface area contributed by atoms with Crippen molar-refractivity contribution in [2.75, 3.05) is 0 Å². The van der Waals surface area contributed by atoms with Crippen molar-refractivity contribution in [2.45, 2.75) is 30.8 Å². The van der Waals surface area contributed by atoms with E-state index < -0.39 is 0 Å². The second-order valence-electron chi connectivity index (χ2n) is 4.55. The van der Waals surface area contributed by atoms with Crippen LogP contribution < -0.4 is 0 Å². The molecule has 1 saturated heterocycles. The quantitative estimate of drug-likeness (QED) is 0.641. The van der Waals surface area contributed by atoms with Gasteiger partial charge in [0.25, 0.3) is 0 Å². The summed E-state index contributed by atoms with van der Waals surface area (Å²) >= 11 is 0. The molecule has 2 heteroatoms. The Kier molecular flexibility index (Phi) is 2.08. The fourth-order valence-corrected chi connectivity index (χ4v) is 2.79. The fourth-order valence-electron chi connectivity index (χ4n) is 2.79. The maximum atomic E-state index is 6.01. The maximum Gasteiger partial charge on any atom is 0.106 e. The van der Waals surface area contributed by atoms with Crippen LogP contribution in [-0.2, 0) is 9.47 Å². The van der Waals surface area contributed by atoms with Crippen molar-refractivity contribution in [3.63, 3.8) is 0 Å². The molecule has 15 heavy (non-hydrogen) atoms. The predicted octanol–water partition coefficient (Wildman–Crippen LogP) is 2.09. The Morgan fingerprint density at radius 1 is 0.933 bits per heavy atom. The minimum atomic E-state index is 0.177. The molecule has 0 amide bonds. The smallest absolute Gasteiger partial charge is 0.106 e. The van der Waals surface area contributed by atoms with Crippen LogP contribution in [0.15, 0.2) is 37.5 Å². The molecule has 1 heterocycles. The molecule has 3 rings (SSSR count). The van der Waals surface area contributed by atoms with Crippen molar-refractivity contribution >= 4 is 0 Å². The lowest BCUT2D eigenvalue weighted by Crippen LogP contribution is -2.51. The zero-order chi connectivity index (χ0) is 10.4. The number of rotatable bonds is 2. The van der Waals surface area contributed by atoms with Gasteiger partial charge < -0.3 is 9.47 Å². The second kappa shape index (κ2) is 3.32. The van der Waals surface area contributed by atoms with Gasteiger partial charge in [0.1, 0.15) is 12.2 Å². The Labute approximate surface area is 90.3 Å². The molecule has 0 aromatic rings. The van der Waals surface area contributed by atoms with E-state index in [-0.39, 0.29) is 24.4 Å². The fraction of sp³-hybridized carbons (Fsp3) is 0.538. The van der Waals surface area contributed by atoms with Gasteiger partial charge in [-0.25, -0.2) is 0 Å². The van der Waals surface area contributed by atoms with Gasteiger partial charge in [-0.3, -0.25) is 0 Å². The molecule has 1 saturated carbocycles. The first-order valence-electron chi connectivity index (χ1n) is 5.58. The average molecular weight is 204 g/mol. The second-order valence-corrected chi connectivity index (χ2v) is 4.55. The van der Waals surface area contributed by atoms with E-state index in [9.17, 15) is 0 Å². The zero-order valence-corrected chi connectivity index (χ0v) is 8.71. The summed E-state index contributed by atoms with van der Waals surface area (Å²) in [5.74, 6) is 0.820. The van der Waals surface area contributed by atoms with Crippen LogP contribution in [0.4, 0.5) is 0 Å². The molecule has 0 bridgehead atoms. The number of hydrogen-bond donors (Lipinski definition) is 0. The van der Waals surface area contributed by atoms with Crippen LogP contribution in [0.5, 0.6) is 0 Å². The standard InChI is InChI=1S/C13H16O2/c1-3-8-7-9(4-2)13-12(8)14-10-5-6-11(10)15-13/h3-6,8-13H,1-2,7H2/t8-,9+,10+,11-,12-,13+. The van der Waals surface area contributed by atoms with E-state index >= 15 is 0 Å². The van der Waals surface area contributed by atoms with E-state index in [1.165, 1.54) is 0 Å². The summed E-state index contributed by atoms with van der Waals surface area (Å²) in [6.07, 6.45) is 9.90. The van der Waals surface area contributed by atoms with E-state index in [1.54, 1.807) is 0 Å². The van der Waals surface area contributed by atoms with Crippen molar-refractivity contribution in [3.05, 3.63) is 37.5 Å². The SMILES string of the molecule is C=C[C@@H]1C[C@H](C=C)[C@@H]2O[C@@H]3C=C[C@@H]3O[C@@H]21. The topological polar surface area (TPSA) is 18.5 Å². The Morgan fingerprint density at radius 2 is 1.40 bits per heavy atom. The minimum absolute atomic E-state index is 0.177. The Morgan fingerprint density at radius 3 is 1.73 bits per heavy atom. The Hall–Kier alpha value is -0.860. The van der Waals surface area contributed by atoms with E-state index in [0.29, 0.717) is 11.8 Å². The highest BCUT2D eigenvalue weighted by atomic mass is 16.6. The number of fused-ring (bicyclic) bond motifs is 2.